The Labute approximate surface area is 95.5 Å². The number of aldehydes is 1. The number of para-hydroxylation sites is 1. The smallest absolute Gasteiger partial charge is 0.231 e. The van der Waals surface area contributed by atoms with E-state index in [1.807, 2.05) is 0 Å². The fourth-order valence-corrected chi connectivity index (χ4v) is 1.76. The highest BCUT2D eigenvalue weighted by Gasteiger charge is 2.08. The predicted octanol–water partition coefficient (Wildman–Crippen LogP) is 2.15. The van der Waals surface area contributed by atoms with Crippen LogP contribution >= 0.6 is 0 Å². The molecule has 0 aliphatic carbocycles. The van der Waals surface area contributed by atoms with Crippen molar-refractivity contribution in [1.29, 1.82) is 0 Å². The first kappa shape index (κ1) is 9.72. The lowest BCUT2D eigenvalue weighted by molar-refractivity contribution is 0.111. The topological polar surface area (TPSA) is 60.2 Å². The van der Waals surface area contributed by atoms with Crippen LogP contribution in [0.2, 0.25) is 0 Å². The lowest BCUT2D eigenvalue weighted by Crippen LogP contribution is -2.03. The number of carbonyl (C=O) groups is 1. The van der Waals surface area contributed by atoms with Crippen LogP contribution in [0.1, 0.15) is 10.5 Å². The number of hydrogen-bond acceptors (Lipinski definition) is 4. The van der Waals surface area contributed by atoms with Crippen LogP contribution < -0.4 is 5.43 Å². The summed E-state index contributed by atoms with van der Waals surface area (Å²) in [6.45, 7) is 0. The van der Waals surface area contributed by atoms with E-state index in [-0.39, 0.29) is 16.8 Å². The molecule has 0 unspecified atom stereocenters. The minimum absolute atomic E-state index is 0.133. The molecule has 0 radical (unpaired) electrons. The summed E-state index contributed by atoms with van der Waals surface area (Å²) in [4.78, 5) is 26.7. The maximum absolute atomic E-state index is 12.1. The van der Waals surface area contributed by atoms with Crippen LogP contribution in [-0.2, 0) is 0 Å². The molecule has 3 aromatic rings. The summed E-state index contributed by atoms with van der Waals surface area (Å²) in [5, 5.41) is 0.898. The monoisotopic (exact) mass is 225 g/mol. The second kappa shape index (κ2) is 3.52. The summed E-state index contributed by atoms with van der Waals surface area (Å²) in [7, 11) is 0. The fourth-order valence-electron chi connectivity index (χ4n) is 1.76. The van der Waals surface area contributed by atoms with Gasteiger partial charge in [0.1, 0.15) is 11.3 Å². The van der Waals surface area contributed by atoms with Crippen LogP contribution in [0.5, 0.6) is 0 Å². The van der Waals surface area contributed by atoms with Gasteiger partial charge in [0.25, 0.3) is 0 Å². The lowest BCUT2D eigenvalue weighted by Gasteiger charge is -2.00. The van der Waals surface area contributed by atoms with Gasteiger partial charge in [0.05, 0.1) is 10.8 Å². The van der Waals surface area contributed by atoms with E-state index in [2.05, 4.69) is 4.98 Å². The minimum atomic E-state index is -0.133. The number of aromatic nitrogens is 1. The third-order valence-electron chi connectivity index (χ3n) is 2.59. The Bertz CT molecular complexity index is 789. The Balaban J connectivity index is 2.54. The molecule has 2 aromatic heterocycles. The van der Waals surface area contributed by atoms with Crippen molar-refractivity contribution < 1.29 is 9.21 Å². The zero-order valence-corrected chi connectivity index (χ0v) is 8.71. The van der Waals surface area contributed by atoms with E-state index >= 15 is 0 Å². The van der Waals surface area contributed by atoms with Crippen molar-refractivity contribution in [2.24, 2.45) is 0 Å². The molecule has 0 saturated heterocycles. The van der Waals surface area contributed by atoms with Crippen molar-refractivity contribution >= 4 is 28.4 Å². The van der Waals surface area contributed by atoms with Crippen molar-refractivity contribution in [3.05, 3.63) is 52.3 Å². The van der Waals surface area contributed by atoms with Gasteiger partial charge in [-0.1, -0.05) is 12.1 Å². The normalized spacial score (nSPS) is 10.8. The molecule has 0 bridgehead atoms. The van der Waals surface area contributed by atoms with Crippen molar-refractivity contribution in [3.8, 4) is 0 Å². The second-order valence-electron chi connectivity index (χ2n) is 3.63. The summed E-state index contributed by atoms with van der Waals surface area (Å²) in [5.41, 5.74) is 0.779. The molecule has 4 heteroatoms. The Morgan fingerprint density at radius 3 is 2.71 bits per heavy atom. The highest BCUT2D eigenvalue weighted by atomic mass is 16.3. The second-order valence-corrected chi connectivity index (χ2v) is 3.63. The number of fused-ring (bicyclic) bond motifs is 2. The molecule has 0 N–H and O–H groups in total. The van der Waals surface area contributed by atoms with Gasteiger partial charge in [-0.15, -0.1) is 0 Å². The van der Waals surface area contributed by atoms with E-state index in [1.54, 1.807) is 30.3 Å². The third-order valence-corrected chi connectivity index (χ3v) is 2.59. The molecule has 0 aliphatic heterocycles. The predicted molar refractivity (Wildman–Crippen MR) is 63.2 cm³/mol. The molecule has 0 amide bonds. The average Bonchev–Trinajstić information content (AvgIpc) is 2.38. The molecule has 17 heavy (non-hydrogen) atoms. The highest BCUT2D eigenvalue weighted by Crippen LogP contribution is 2.16. The highest BCUT2D eigenvalue weighted by molar-refractivity contribution is 5.89. The van der Waals surface area contributed by atoms with Crippen LogP contribution in [-0.4, -0.2) is 11.3 Å². The first-order valence-corrected chi connectivity index (χ1v) is 5.07. The molecule has 3 rings (SSSR count). The van der Waals surface area contributed by atoms with Gasteiger partial charge < -0.3 is 4.42 Å². The molecule has 0 spiro atoms. The van der Waals surface area contributed by atoms with Gasteiger partial charge in [0.15, 0.2) is 6.29 Å². The maximum atomic E-state index is 12.1. The molecular formula is C13H7NO3. The van der Waals surface area contributed by atoms with Crippen molar-refractivity contribution in [3.63, 3.8) is 0 Å². The van der Waals surface area contributed by atoms with E-state index in [4.69, 9.17) is 4.42 Å². The Hall–Kier alpha value is -2.49. The molecule has 0 aliphatic rings. The summed E-state index contributed by atoms with van der Waals surface area (Å²) >= 11 is 0. The molecule has 82 valence electrons. The van der Waals surface area contributed by atoms with E-state index in [0.29, 0.717) is 22.6 Å². The van der Waals surface area contributed by atoms with Gasteiger partial charge in [0.2, 0.25) is 11.1 Å². The standard InChI is InChI=1S/C13H7NO3/c15-7-8-5-6-10-12(16)9-3-1-2-4-11(9)17-13(10)14-8/h1-7H. The lowest BCUT2D eigenvalue weighted by atomic mass is 10.2. The van der Waals surface area contributed by atoms with E-state index < -0.39 is 0 Å². The van der Waals surface area contributed by atoms with Gasteiger partial charge >= 0.3 is 0 Å². The molecule has 2 heterocycles. The first-order chi connectivity index (χ1) is 8.29. The van der Waals surface area contributed by atoms with Crippen LogP contribution in [0.15, 0.2) is 45.6 Å². The Morgan fingerprint density at radius 2 is 1.88 bits per heavy atom. The SMILES string of the molecule is O=Cc1ccc2c(=O)c3ccccc3oc2n1. The molecule has 0 fully saturated rings. The van der Waals surface area contributed by atoms with Crippen LogP contribution in [0.3, 0.4) is 0 Å². The number of rotatable bonds is 1. The largest absolute Gasteiger partial charge is 0.437 e. The molecule has 4 nitrogen and oxygen atoms in total. The number of carbonyl (C=O) groups excluding carboxylic acids is 1. The van der Waals surface area contributed by atoms with Crippen LogP contribution in [0.25, 0.3) is 22.1 Å². The molecule has 0 atom stereocenters. The van der Waals surface area contributed by atoms with Gasteiger partial charge in [-0.2, -0.15) is 0 Å². The third kappa shape index (κ3) is 1.42. The van der Waals surface area contributed by atoms with E-state index in [0.717, 1.165) is 0 Å². The minimum Gasteiger partial charge on any atom is -0.437 e. The number of hydrogen-bond donors (Lipinski definition) is 0. The summed E-state index contributed by atoms with van der Waals surface area (Å²) in [6, 6.07) is 10.0. The van der Waals surface area contributed by atoms with E-state index in [1.165, 1.54) is 6.07 Å². The molecule has 0 saturated carbocycles. The first-order valence-electron chi connectivity index (χ1n) is 5.07. The zero-order valence-electron chi connectivity index (χ0n) is 8.71. The summed E-state index contributed by atoms with van der Waals surface area (Å²) in [5.74, 6) is 0. The van der Waals surface area contributed by atoms with Crippen molar-refractivity contribution in [2.45, 2.75) is 0 Å². The van der Waals surface area contributed by atoms with Gasteiger partial charge in [0, 0.05) is 0 Å². The Kier molecular flexibility index (Phi) is 2.01. The summed E-state index contributed by atoms with van der Waals surface area (Å²) < 4.78 is 5.50. The zero-order chi connectivity index (χ0) is 11.8. The van der Waals surface area contributed by atoms with Crippen LogP contribution in [0, 0.1) is 0 Å². The molecular weight excluding hydrogens is 218 g/mol. The van der Waals surface area contributed by atoms with E-state index in [9.17, 15) is 9.59 Å². The number of pyridine rings is 1. The van der Waals surface area contributed by atoms with Crippen LogP contribution in [0.4, 0.5) is 0 Å². The average molecular weight is 225 g/mol. The summed E-state index contributed by atoms with van der Waals surface area (Å²) in [6.07, 6.45) is 0.620. The van der Waals surface area contributed by atoms with Gasteiger partial charge in [-0.25, -0.2) is 4.98 Å². The fraction of sp³-hybridized carbons (Fsp3) is 0. The van der Waals surface area contributed by atoms with Gasteiger partial charge in [-0.3, -0.25) is 9.59 Å². The maximum Gasteiger partial charge on any atom is 0.231 e. The number of nitrogens with zero attached hydrogens (tertiary/aromatic N) is 1. The van der Waals surface area contributed by atoms with Gasteiger partial charge in [-0.05, 0) is 24.3 Å². The number of benzene rings is 1. The van der Waals surface area contributed by atoms with Crippen molar-refractivity contribution in [1.82, 2.24) is 4.98 Å². The van der Waals surface area contributed by atoms with Crippen molar-refractivity contribution in [2.75, 3.05) is 0 Å². The Morgan fingerprint density at radius 1 is 1.06 bits per heavy atom. The molecule has 1 aromatic carbocycles. The quantitative estimate of drug-likeness (QED) is 0.470.